The van der Waals surface area contributed by atoms with E-state index in [0.717, 1.165) is 51.4 Å². The van der Waals surface area contributed by atoms with Crippen LogP contribution in [0.1, 0.15) is 106 Å². The quantitative estimate of drug-likeness (QED) is 0.119. The first-order valence-electron chi connectivity index (χ1n) is 23.6. The topological polar surface area (TPSA) is 284 Å². The predicted molar refractivity (Wildman–Crippen MR) is 222 cm³/mol. The van der Waals surface area contributed by atoms with Crippen molar-refractivity contribution in [3.63, 3.8) is 0 Å². The maximum absolute atomic E-state index is 12.9. The lowest BCUT2D eigenvalue weighted by atomic mass is 9.42. The monoisotopic (exact) mass is 914 g/mol. The summed E-state index contributed by atoms with van der Waals surface area (Å²) in [6, 6.07) is 0. The molecule has 4 aliphatic heterocycles. The standard InChI is InChI=1S/C46H74O18/c1-7-24(49)26-16-21(2)46(64-26)15-14-44(5)23-8-9-29-42(3,22(23)10-13-45(44,46)6)12-11-30(43(29,4)20-48)62-39-36(56)35(55)33(53)28(61-39)19-59-41-38(31(51)25(50)18-58-41)63-40-37(57)34(54)32(52)27(17-47)60-40/h21,25-41,47-48,50-57H,7-20H2,1-6H3. The van der Waals surface area contributed by atoms with Gasteiger partial charge in [0.15, 0.2) is 24.7 Å². The van der Waals surface area contributed by atoms with E-state index in [1.165, 1.54) is 11.1 Å². The van der Waals surface area contributed by atoms with Gasteiger partial charge in [0.25, 0.3) is 0 Å². The zero-order chi connectivity index (χ0) is 46.5. The zero-order valence-corrected chi connectivity index (χ0v) is 38.0. The molecule has 0 aromatic heterocycles. The van der Waals surface area contributed by atoms with Crippen molar-refractivity contribution in [2.75, 3.05) is 26.4 Å². The van der Waals surface area contributed by atoms with E-state index in [4.69, 9.17) is 33.2 Å². The maximum Gasteiger partial charge on any atom is 0.187 e. The van der Waals surface area contributed by atoms with E-state index in [1.54, 1.807) is 0 Å². The van der Waals surface area contributed by atoms with Crippen LogP contribution in [0.2, 0.25) is 0 Å². The first-order chi connectivity index (χ1) is 30.2. The summed E-state index contributed by atoms with van der Waals surface area (Å²) in [6.07, 6.45) is -15.4. The van der Waals surface area contributed by atoms with Gasteiger partial charge in [-0.1, -0.05) is 52.7 Å². The molecule has 2 saturated carbocycles. The van der Waals surface area contributed by atoms with Crippen molar-refractivity contribution in [3.05, 3.63) is 11.1 Å². The number of aliphatic hydroxyl groups excluding tert-OH is 10. The third kappa shape index (κ3) is 7.43. The van der Waals surface area contributed by atoms with E-state index in [0.29, 0.717) is 12.8 Å². The van der Waals surface area contributed by atoms with Crippen LogP contribution in [0.3, 0.4) is 0 Å². The number of ketones is 1. The molecule has 23 atom stereocenters. The summed E-state index contributed by atoms with van der Waals surface area (Å²) in [5.41, 5.74) is 1.30. The number of fused-ring (bicyclic) bond motifs is 5. The molecule has 0 bridgehead atoms. The number of hydrogen-bond donors (Lipinski definition) is 10. The second-order valence-corrected chi connectivity index (χ2v) is 21.3. The minimum absolute atomic E-state index is 0.000245. The summed E-state index contributed by atoms with van der Waals surface area (Å²) in [7, 11) is 0. The number of aliphatic hydroxyl groups is 10. The molecule has 0 amide bonds. The van der Waals surface area contributed by atoms with Gasteiger partial charge in [-0.15, -0.1) is 0 Å². The fourth-order valence-corrected chi connectivity index (χ4v) is 14.2. The maximum atomic E-state index is 12.9. The molecule has 8 aliphatic rings. The van der Waals surface area contributed by atoms with E-state index >= 15 is 0 Å². The van der Waals surface area contributed by atoms with Crippen molar-refractivity contribution in [2.24, 2.45) is 33.5 Å². The highest BCUT2D eigenvalue weighted by Crippen LogP contribution is 2.75. The van der Waals surface area contributed by atoms with E-state index in [-0.39, 0.29) is 52.2 Å². The normalized spacial score (nSPS) is 54.1. The van der Waals surface area contributed by atoms with Gasteiger partial charge >= 0.3 is 0 Å². The molecule has 366 valence electrons. The highest BCUT2D eigenvalue weighted by atomic mass is 16.8. The third-order valence-corrected chi connectivity index (χ3v) is 18.4. The van der Waals surface area contributed by atoms with Crippen molar-refractivity contribution in [3.8, 4) is 0 Å². The van der Waals surface area contributed by atoms with Crippen LogP contribution < -0.4 is 0 Å². The fourth-order valence-electron chi connectivity index (χ4n) is 14.2. The Labute approximate surface area is 374 Å². The molecule has 10 N–H and O–H groups in total. The van der Waals surface area contributed by atoms with Crippen molar-refractivity contribution >= 4 is 5.78 Å². The molecule has 0 aromatic carbocycles. The first kappa shape index (κ1) is 49.2. The Hall–Kier alpha value is -1.27. The predicted octanol–water partition coefficient (Wildman–Crippen LogP) is -0.293. The van der Waals surface area contributed by atoms with Crippen molar-refractivity contribution in [1.29, 1.82) is 0 Å². The lowest BCUT2D eigenvalue weighted by molar-refractivity contribution is -0.365. The Bertz CT molecular complexity index is 1730. The average Bonchev–Trinajstić information content (AvgIpc) is 3.75. The lowest BCUT2D eigenvalue weighted by Gasteiger charge is -2.63. The van der Waals surface area contributed by atoms with Gasteiger partial charge in [-0.25, -0.2) is 0 Å². The van der Waals surface area contributed by atoms with Gasteiger partial charge in [-0.3, -0.25) is 4.79 Å². The summed E-state index contributed by atoms with van der Waals surface area (Å²) in [4.78, 5) is 12.9. The van der Waals surface area contributed by atoms with Gasteiger partial charge in [-0.05, 0) is 80.5 Å². The van der Waals surface area contributed by atoms with Crippen LogP contribution >= 0.6 is 0 Å². The number of ether oxygens (including phenoxy) is 7. The Morgan fingerprint density at radius 3 is 2.05 bits per heavy atom. The van der Waals surface area contributed by atoms with E-state index in [2.05, 4.69) is 27.7 Å². The summed E-state index contributed by atoms with van der Waals surface area (Å²) in [5.74, 6) is 0.446. The molecule has 64 heavy (non-hydrogen) atoms. The van der Waals surface area contributed by atoms with Crippen molar-refractivity contribution in [2.45, 2.75) is 210 Å². The number of carbonyl (C=O) groups excluding carboxylic acids is 1. The SMILES string of the molecule is CCC(=O)C1CC(C)C2(CCC3(C)C4=C(CCC32C)C2(C)CCC(OC3OC(COC5OCC(O)C(O)C5OC5OC(CO)C(O)C(O)C5O)C(O)C(O)C3O)C(C)(CO)C2CC4)O1. The Morgan fingerprint density at radius 2 is 1.39 bits per heavy atom. The number of allylic oxidation sites excluding steroid dienone is 2. The molecule has 23 unspecified atom stereocenters. The second-order valence-electron chi connectivity index (χ2n) is 21.3. The highest BCUT2D eigenvalue weighted by molar-refractivity contribution is 5.83. The summed E-state index contributed by atoms with van der Waals surface area (Å²) in [5, 5.41) is 107. The fraction of sp³-hybridized carbons (Fsp3) is 0.935. The number of rotatable bonds is 11. The molecule has 8 rings (SSSR count). The molecule has 18 heteroatoms. The van der Waals surface area contributed by atoms with Gasteiger partial charge in [0.1, 0.15) is 73.2 Å². The summed E-state index contributed by atoms with van der Waals surface area (Å²) in [6.45, 7) is 11.5. The van der Waals surface area contributed by atoms with E-state index in [1.807, 2.05) is 13.8 Å². The Kier molecular flexibility index (Phi) is 13.8. The van der Waals surface area contributed by atoms with E-state index < -0.39 is 117 Å². The molecule has 4 aliphatic carbocycles. The van der Waals surface area contributed by atoms with Gasteiger partial charge in [0.05, 0.1) is 38.1 Å². The number of hydrogen-bond acceptors (Lipinski definition) is 18. The molecular formula is C46H74O18. The van der Waals surface area contributed by atoms with Crippen molar-refractivity contribution in [1.82, 2.24) is 0 Å². The van der Waals surface area contributed by atoms with Crippen LogP contribution in [0.25, 0.3) is 0 Å². The van der Waals surface area contributed by atoms with Gasteiger partial charge in [-0.2, -0.15) is 0 Å². The summed E-state index contributed by atoms with van der Waals surface area (Å²) < 4.78 is 42.3. The molecule has 1 spiro atoms. The molecule has 0 radical (unpaired) electrons. The Morgan fingerprint density at radius 1 is 0.734 bits per heavy atom. The minimum Gasteiger partial charge on any atom is -0.396 e. The largest absolute Gasteiger partial charge is 0.396 e. The van der Waals surface area contributed by atoms with Gasteiger partial charge in [0.2, 0.25) is 0 Å². The number of Topliss-reactive ketones (excluding diaryl/α,β-unsaturated/α-hetero) is 1. The lowest BCUT2D eigenvalue weighted by Crippen LogP contribution is -2.64. The second kappa shape index (κ2) is 17.9. The number of carbonyl (C=O) groups is 1. The van der Waals surface area contributed by atoms with Crippen LogP contribution in [-0.4, -0.2) is 187 Å². The van der Waals surface area contributed by atoms with Gasteiger partial charge < -0.3 is 84.2 Å². The molecule has 0 aromatic rings. The van der Waals surface area contributed by atoms with Crippen LogP contribution in [0, 0.1) is 33.5 Å². The highest BCUT2D eigenvalue weighted by Gasteiger charge is 2.72. The molecule has 18 nitrogen and oxygen atoms in total. The third-order valence-electron chi connectivity index (χ3n) is 18.4. The van der Waals surface area contributed by atoms with Crippen LogP contribution in [0.5, 0.6) is 0 Å². The van der Waals surface area contributed by atoms with Crippen LogP contribution in [0.4, 0.5) is 0 Å². The minimum atomic E-state index is -1.83. The average molecular weight is 915 g/mol. The van der Waals surface area contributed by atoms with Crippen molar-refractivity contribution < 1.29 is 89.0 Å². The summed E-state index contributed by atoms with van der Waals surface area (Å²) >= 11 is 0. The molecule has 4 heterocycles. The van der Waals surface area contributed by atoms with Gasteiger partial charge in [0, 0.05) is 17.3 Å². The first-order valence-corrected chi connectivity index (χ1v) is 23.6. The Balaban J connectivity index is 0.966. The molecule has 6 fully saturated rings. The van der Waals surface area contributed by atoms with Crippen LogP contribution in [0.15, 0.2) is 11.1 Å². The molecular weight excluding hydrogens is 840 g/mol. The molecule has 4 saturated heterocycles. The zero-order valence-electron chi connectivity index (χ0n) is 38.0. The van der Waals surface area contributed by atoms with Crippen LogP contribution in [-0.2, 0) is 38.0 Å². The smallest absolute Gasteiger partial charge is 0.187 e. The van der Waals surface area contributed by atoms with E-state index in [9.17, 15) is 55.9 Å².